The van der Waals surface area contributed by atoms with Crippen LogP contribution in [0.4, 0.5) is 10.5 Å². The SMILES string of the molecule is N#CCn1cc(/C=C2/SC(=O)N(c3cccc(Cl)c3)C2=O)c2ccccc21. The van der Waals surface area contributed by atoms with Gasteiger partial charge in [-0.05, 0) is 42.1 Å². The molecule has 27 heavy (non-hydrogen) atoms. The molecular formula is C20H12ClN3O2S. The van der Waals surface area contributed by atoms with E-state index >= 15 is 0 Å². The fourth-order valence-electron chi connectivity index (χ4n) is 3.04. The van der Waals surface area contributed by atoms with Crippen LogP contribution in [0.15, 0.2) is 59.6 Å². The van der Waals surface area contributed by atoms with E-state index in [1.54, 1.807) is 30.3 Å². The van der Waals surface area contributed by atoms with Gasteiger partial charge in [0.05, 0.1) is 16.7 Å². The molecule has 132 valence electrons. The quantitative estimate of drug-likeness (QED) is 0.583. The Morgan fingerprint density at radius 2 is 1.96 bits per heavy atom. The summed E-state index contributed by atoms with van der Waals surface area (Å²) < 4.78 is 1.82. The highest BCUT2D eigenvalue weighted by molar-refractivity contribution is 8.19. The zero-order valence-corrected chi connectivity index (χ0v) is 15.5. The Kier molecular flexibility index (Phi) is 4.48. The Hall–Kier alpha value is -3.01. The molecule has 1 aliphatic heterocycles. The molecule has 0 spiro atoms. The summed E-state index contributed by atoms with van der Waals surface area (Å²) in [6.45, 7) is 0.207. The van der Waals surface area contributed by atoms with Crippen LogP contribution in [-0.4, -0.2) is 15.7 Å². The first-order valence-corrected chi connectivity index (χ1v) is 9.26. The van der Waals surface area contributed by atoms with Gasteiger partial charge in [-0.3, -0.25) is 9.59 Å². The lowest BCUT2D eigenvalue weighted by Gasteiger charge is -2.12. The second-order valence-corrected chi connectivity index (χ2v) is 7.31. The van der Waals surface area contributed by atoms with Gasteiger partial charge in [-0.15, -0.1) is 0 Å². The Morgan fingerprint density at radius 1 is 1.15 bits per heavy atom. The fourth-order valence-corrected chi connectivity index (χ4v) is 4.06. The van der Waals surface area contributed by atoms with Crippen molar-refractivity contribution in [3.05, 3.63) is 70.2 Å². The van der Waals surface area contributed by atoms with Crippen molar-refractivity contribution in [2.45, 2.75) is 6.54 Å². The van der Waals surface area contributed by atoms with Gasteiger partial charge in [0, 0.05) is 27.7 Å². The van der Waals surface area contributed by atoms with Crippen molar-refractivity contribution in [2.75, 3.05) is 4.90 Å². The lowest BCUT2D eigenvalue weighted by molar-refractivity contribution is -0.113. The minimum atomic E-state index is -0.385. The van der Waals surface area contributed by atoms with Crippen LogP contribution in [0.2, 0.25) is 5.02 Å². The number of anilines is 1. The van der Waals surface area contributed by atoms with Crippen LogP contribution in [0, 0.1) is 11.3 Å². The van der Waals surface area contributed by atoms with Crippen molar-refractivity contribution in [3.8, 4) is 6.07 Å². The minimum Gasteiger partial charge on any atom is -0.333 e. The summed E-state index contributed by atoms with van der Waals surface area (Å²) in [5.41, 5.74) is 2.14. The van der Waals surface area contributed by atoms with E-state index in [-0.39, 0.29) is 17.7 Å². The van der Waals surface area contributed by atoms with Gasteiger partial charge in [0.2, 0.25) is 0 Å². The van der Waals surface area contributed by atoms with Crippen molar-refractivity contribution < 1.29 is 9.59 Å². The summed E-state index contributed by atoms with van der Waals surface area (Å²) in [6.07, 6.45) is 3.52. The van der Waals surface area contributed by atoms with E-state index in [1.807, 2.05) is 35.0 Å². The molecule has 2 aromatic carbocycles. The van der Waals surface area contributed by atoms with E-state index in [0.29, 0.717) is 15.6 Å². The first kappa shape index (κ1) is 17.4. The Bertz CT molecular complexity index is 1160. The first-order valence-electron chi connectivity index (χ1n) is 8.07. The number of carbonyl (C=O) groups excluding carboxylic acids is 2. The number of para-hydroxylation sites is 1. The molecule has 2 heterocycles. The molecule has 1 aromatic heterocycles. The molecule has 7 heteroatoms. The number of nitrogens with zero attached hydrogens (tertiary/aromatic N) is 3. The highest BCUT2D eigenvalue weighted by Gasteiger charge is 2.36. The average Bonchev–Trinajstić information content (AvgIpc) is 3.13. The third kappa shape index (κ3) is 3.12. The van der Waals surface area contributed by atoms with Crippen molar-refractivity contribution in [2.24, 2.45) is 0 Å². The topological polar surface area (TPSA) is 66.1 Å². The number of fused-ring (bicyclic) bond motifs is 1. The van der Waals surface area contributed by atoms with Gasteiger partial charge in [0.25, 0.3) is 11.1 Å². The van der Waals surface area contributed by atoms with Crippen LogP contribution >= 0.6 is 23.4 Å². The van der Waals surface area contributed by atoms with Gasteiger partial charge in [-0.1, -0.05) is 35.9 Å². The van der Waals surface area contributed by atoms with Gasteiger partial charge in [0.1, 0.15) is 6.54 Å². The van der Waals surface area contributed by atoms with Gasteiger partial charge in [-0.25, -0.2) is 4.90 Å². The first-order chi connectivity index (χ1) is 13.1. The second kappa shape index (κ2) is 6.95. The number of hydrogen-bond donors (Lipinski definition) is 0. The predicted molar refractivity (Wildman–Crippen MR) is 107 cm³/mol. The van der Waals surface area contributed by atoms with Crippen LogP contribution in [0.25, 0.3) is 17.0 Å². The number of imide groups is 1. The number of aromatic nitrogens is 1. The number of rotatable bonds is 3. The highest BCUT2D eigenvalue weighted by Crippen LogP contribution is 2.37. The maximum Gasteiger partial charge on any atom is 0.298 e. The third-order valence-electron chi connectivity index (χ3n) is 4.21. The average molecular weight is 394 g/mol. The van der Waals surface area contributed by atoms with E-state index < -0.39 is 0 Å². The maximum atomic E-state index is 12.8. The zero-order valence-electron chi connectivity index (χ0n) is 13.9. The Labute approximate surface area is 164 Å². The summed E-state index contributed by atoms with van der Waals surface area (Å²) in [7, 11) is 0. The van der Waals surface area contributed by atoms with Crippen molar-refractivity contribution in [1.29, 1.82) is 5.26 Å². The molecule has 1 aliphatic rings. The number of hydrogen-bond acceptors (Lipinski definition) is 4. The van der Waals surface area contributed by atoms with Gasteiger partial charge < -0.3 is 4.57 Å². The van der Waals surface area contributed by atoms with Crippen LogP contribution in [-0.2, 0) is 11.3 Å². The van der Waals surface area contributed by atoms with Gasteiger partial charge in [0.15, 0.2) is 0 Å². The summed E-state index contributed by atoms with van der Waals surface area (Å²) in [4.78, 5) is 26.7. The van der Waals surface area contributed by atoms with E-state index in [9.17, 15) is 9.59 Å². The van der Waals surface area contributed by atoms with Crippen LogP contribution < -0.4 is 4.90 Å². The third-order valence-corrected chi connectivity index (χ3v) is 5.31. The lowest BCUT2D eigenvalue weighted by Crippen LogP contribution is -2.27. The van der Waals surface area contributed by atoms with E-state index in [2.05, 4.69) is 6.07 Å². The monoisotopic (exact) mass is 393 g/mol. The Balaban J connectivity index is 1.76. The molecule has 0 N–H and O–H groups in total. The summed E-state index contributed by atoms with van der Waals surface area (Å²) in [5.74, 6) is -0.385. The molecule has 3 aromatic rings. The summed E-state index contributed by atoms with van der Waals surface area (Å²) in [5, 5.41) is 10.0. The largest absolute Gasteiger partial charge is 0.333 e. The molecule has 4 rings (SSSR count). The molecule has 0 radical (unpaired) electrons. The molecule has 0 aliphatic carbocycles. The van der Waals surface area contributed by atoms with E-state index in [4.69, 9.17) is 16.9 Å². The number of benzene rings is 2. The molecule has 0 saturated carbocycles. The fraction of sp³-hybridized carbons (Fsp3) is 0.0500. The van der Waals surface area contributed by atoms with Crippen LogP contribution in [0.1, 0.15) is 5.56 Å². The number of carbonyl (C=O) groups is 2. The van der Waals surface area contributed by atoms with Crippen LogP contribution in [0.3, 0.4) is 0 Å². The molecule has 0 atom stereocenters. The molecule has 1 fully saturated rings. The van der Waals surface area contributed by atoms with Gasteiger partial charge >= 0.3 is 0 Å². The number of nitriles is 1. The highest BCUT2D eigenvalue weighted by atomic mass is 35.5. The van der Waals surface area contributed by atoms with E-state index in [0.717, 1.165) is 33.1 Å². The van der Waals surface area contributed by atoms with Crippen molar-refractivity contribution >= 4 is 57.2 Å². The maximum absolute atomic E-state index is 12.8. The lowest BCUT2D eigenvalue weighted by atomic mass is 10.1. The number of thioether (sulfide) groups is 1. The molecule has 0 unspecified atom stereocenters. The van der Waals surface area contributed by atoms with E-state index in [1.165, 1.54) is 0 Å². The predicted octanol–water partition coefficient (Wildman–Crippen LogP) is 5.06. The summed E-state index contributed by atoms with van der Waals surface area (Å²) in [6, 6.07) is 16.4. The number of amides is 2. The standard InChI is InChI=1S/C20H12ClN3O2S/c21-14-4-3-5-15(11-14)24-19(25)18(27-20(24)26)10-13-12-23(9-8-22)17-7-2-1-6-16(13)17/h1-7,10-12H,9H2/b18-10+. The summed E-state index contributed by atoms with van der Waals surface area (Å²) >= 11 is 6.87. The molecule has 1 saturated heterocycles. The molecular weight excluding hydrogens is 382 g/mol. The molecule has 0 bridgehead atoms. The van der Waals surface area contributed by atoms with Crippen molar-refractivity contribution in [1.82, 2.24) is 4.57 Å². The minimum absolute atomic E-state index is 0.207. The molecule has 5 nitrogen and oxygen atoms in total. The van der Waals surface area contributed by atoms with Crippen LogP contribution in [0.5, 0.6) is 0 Å². The zero-order chi connectivity index (χ0) is 19.0. The number of halogens is 1. The Morgan fingerprint density at radius 3 is 2.74 bits per heavy atom. The second-order valence-electron chi connectivity index (χ2n) is 5.88. The van der Waals surface area contributed by atoms with Gasteiger partial charge in [-0.2, -0.15) is 5.26 Å². The van der Waals surface area contributed by atoms with Crippen molar-refractivity contribution in [3.63, 3.8) is 0 Å². The smallest absolute Gasteiger partial charge is 0.298 e. The molecule has 2 amide bonds. The normalized spacial score (nSPS) is 15.7.